The van der Waals surface area contributed by atoms with Crippen LogP contribution in [0.15, 0.2) is 52.8 Å². The number of hydrogen-bond donors (Lipinski definition) is 1. The minimum atomic E-state index is -4.56. The van der Waals surface area contributed by atoms with E-state index < -0.39 is 17.7 Å². The second kappa shape index (κ2) is 9.28. The summed E-state index contributed by atoms with van der Waals surface area (Å²) >= 11 is 13.5. The second-order valence-corrected chi connectivity index (χ2v) is 7.88. The Morgan fingerprint density at radius 3 is 2.50 bits per heavy atom. The maximum absolute atomic E-state index is 12.9. The molecule has 0 aliphatic carbocycles. The summed E-state index contributed by atoms with van der Waals surface area (Å²) in [5, 5.41) is 9.49. The van der Waals surface area contributed by atoms with Crippen LogP contribution in [0.1, 0.15) is 18.4 Å². The first-order valence-corrected chi connectivity index (χ1v) is 10.2. The Bertz CT molecular complexity index is 1060. The zero-order valence-electron chi connectivity index (χ0n) is 15.2. The minimum Gasteiger partial charge on any atom is -0.481 e. The van der Waals surface area contributed by atoms with Gasteiger partial charge in [0.25, 0.3) is 0 Å². The summed E-state index contributed by atoms with van der Waals surface area (Å²) in [4.78, 5) is 19.2. The predicted octanol–water partition coefficient (Wildman–Crippen LogP) is 6.29. The van der Waals surface area contributed by atoms with Crippen molar-refractivity contribution in [3.05, 3.63) is 58.3 Å². The Kier molecular flexibility index (Phi) is 6.95. The van der Waals surface area contributed by atoms with E-state index in [1.807, 2.05) is 30.3 Å². The summed E-state index contributed by atoms with van der Waals surface area (Å²) in [5.41, 5.74) is 0.260. The third-order valence-corrected chi connectivity index (χ3v) is 5.81. The molecule has 0 unspecified atom stereocenters. The van der Waals surface area contributed by atoms with E-state index in [0.717, 1.165) is 23.4 Å². The van der Waals surface area contributed by atoms with Crippen LogP contribution in [0, 0.1) is 0 Å². The first-order chi connectivity index (χ1) is 14.2. The molecular weight excluding hydrogens is 462 g/mol. The molecule has 0 radical (unpaired) electrons. The predicted molar refractivity (Wildman–Crippen MR) is 108 cm³/mol. The normalized spacial score (nSPS) is 11.6. The number of aliphatic carboxylic acids is 1. The topological polar surface area (TPSA) is 68.0 Å². The zero-order valence-corrected chi connectivity index (χ0v) is 17.5. The molecule has 2 aromatic heterocycles. The number of pyridine rings is 1. The number of carbonyl (C=O) groups is 1. The fraction of sp³-hybridized carbons (Fsp3) is 0.211. The van der Waals surface area contributed by atoms with Crippen molar-refractivity contribution in [2.45, 2.75) is 35.7 Å². The average Bonchev–Trinajstić information content (AvgIpc) is 2.99. The Balaban J connectivity index is 1.97. The van der Waals surface area contributed by atoms with Crippen LogP contribution < -0.4 is 0 Å². The molecule has 0 atom stereocenters. The molecule has 0 spiro atoms. The quantitative estimate of drug-likeness (QED) is 0.434. The third kappa shape index (κ3) is 5.27. The largest absolute Gasteiger partial charge is 0.481 e. The highest BCUT2D eigenvalue weighted by atomic mass is 35.5. The van der Waals surface area contributed by atoms with Crippen molar-refractivity contribution >= 4 is 40.9 Å². The van der Waals surface area contributed by atoms with Gasteiger partial charge in [-0.3, -0.25) is 4.79 Å². The molecule has 0 saturated carbocycles. The second-order valence-electron chi connectivity index (χ2n) is 6.16. The number of nitrogens with zero attached hydrogens (tertiary/aromatic N) is 3. The van der Waals surface area contributed by atoms with Crippen LogP contribution in [0.2, 0.25) is 10.2 Å². The molecule has 0 fully saturated rings. The number of imidazole rings is 1. The van der Waals surface area contributed by atoms with Crippen LogP contribution in [0.4, 0.5) is 13.2 Å². The average molecular weight is 476 g/mol. The minimum absolute atomic E-state index is 0.0709. The lowest BCUT2D eigenvalue weighted by Crippen LogP contribution is -2.06. The van der Waals surface area contributed by atoms with E-state index in [1.165, 1.54) is 0 Å². The van der Waals surface area contributed by atoms with Gasteiger partial charge in [0.15, 0.2) is 5.16 Å². The van der Waals surface area contributed by atoms with E-state index >= 15 is 0 Å². The number of carboxylic acid groups (broad SMARTS) is 1. The fourth-order valence-electron chi connectivity index (χ4n) is 2.60. The number of carboxylic acids is 1. The van der Waals surface area contributed by atoms with Crippen molar-refractivity contribution in [1.29, 1.82) is 0 Å². The molecule has 158 valence electrons. The number of halogens is 5. The van der Waals surface area contributed by atoms with Crippen molar-refractivity contribution in [2.75, 3.05) is 0 Å². The van der Waals surface area contributed by atoms with E-state index in [0.29, 0.717) is 23.5 Å². The van der Waals surface area contributed by atoms with Gasteiger partial charge in [0.2, 0.25) is 0 Å². The molecule has 30 heavy (non-hydrogen) atoms. The maximum atomic E-state index is 12.9. The molecule has 1 aromatic carbocycles. The van der Waals surface area contributed by atoms with E-state index in [-0.39, 0.29) is 28.2 Å². The first-order valence-electron chi connectivity index (χ1n) is 8.60. The van der Waals surface area contributed by atoms with Crippen LogP contribution >= 0.6 is 35.0 Å². The summed E-state index contributed by atoms with van der Waals surface area (Å²) in [5.74, 6) is -0.948. The van der Waals surface area contributed by atoms with E-state index in [4.69, 9.17) is 28.3 Å². The summed E-state index contributed by atoms with van der Waals surface area (Å²) in [6, 6.07) is 9.89. The fourth-order valence-corrected chi connectivity index (χ4v) is 4.11. The Hall–Kier alpha value is -2.23. The van der Waals surface area contributed by atoms with Gasteiger partial charge in [-0.15, -0.1) is 0 Å². The number of aromatic nitrogens is 3. The van der Waals surface area contributed by atoms with Gasteiger partial charge in [0, 0.05) is 24.7 Å². The Morgan fingerprint density at radius 2 is 1.90 bits per heavy atom. The number of hydrogen-bond acceptors (Lipinski definition) is 4. The molecule has 5 nitrogen and oxygen atoms in total. The van der Waals surface area contributed by atoms with Gasteiger partial charge in [-0.25, -0.2) is 9.97 Å². The van der Waals surface area contributed by atoms with Gasteiger partial charge in [-0.1, -0.05) is 53.5 Å². The lowest BCUT2D eigenvalue weighted by atomic mass is 10.2. The highest BCUT2D eigenvalue weighted by Gasteiger charge is 2.32. The molecule has 1 N–H and O–H groups in total. The smallest absolute Gasteiger partial charge is 0.417 e. The highest BCUT2D eigenvalue weighted by Crippen LogP contribution is 2.39. The van der Waals surface area contributed by atoms with Gasteiger partial charge < -0.3 is 9.67 Å². The Morgan fingerprint density at radius 1 is 1.20 bits per heavy atom. The van der Waals surface area contributed by atoms with Crippen LogP contribution in [0.25, 0.3) is 11.3 Å². The van der Waals surface area contributed by atoms with Gasteiger partial charge in [0.05, 0.1) is 10.6 Å². The van der Waals surface area contributed by atoms with Gasteiger partial charge >= 0.3 is 12.1 Å². The standard InChI is InChI=1S/C19H14Cl2F3N3O2S/c20-13-9-12(19(22,23)24)10-25-17(13)30-18-26-15(11-5-2-1-3-6-11)16(21)27(18)8-4-7-14(28)29/h1-3,5-6,9-10H,4,7-8H2,(H,28,29). The number of benzene rings is 1. The Labute approximate surface area is 183 Å². The molecule has 0 bridgehead atoms. The molecule has 11 heteroatoms. The van der Waals surface area contributed by atoms with Crippen LogP contribution in [-0.4, -0.2) is 25.6 Å². The van der Waals surface area contributed by atoms with Crippen molar-refractivity contribution < 1.29 is 23.1 Å². The van der Waals surface area contributed by atoms with Crippen molar-refractivity contribution in [1.82, 2.24) is 14.5 Å². The summed E-state index contributed by atoms with van der Waals surface area (Å²) < 4.78 is 40.2. The number of rotatable bonds is 7. The summed E-state index contributed by atoms with van der Waals surface area (Å²) in [6.45, 7) is 0.256. The first kappa shape index (κ1) is 22.5. The molecular formula is C19H14Cl2F3N3O2S. The third-order valence-electron chi connectivity index (χ3n) is 4.01. The summed E-state index contributed by atoms with van der Waals surface area (Å²) in [7, 11) is 0. The van der Waals surface area contributed by atoms with Gasteiger partial charge in [0.1, 0.15) is 15.9 Å². The van der Waals surface area contributed by atoms with E-state index in [9.17, 15) is 18.0 Å². The van der Waals surface area contributed by atoms with Crippen molar-refractivity contribution in [3.8, 4) is 11.3 Å². The molecule has 3 aromatic rings. The molecule has 0 amide bonds. The highest BCUT2D eigenvalue weighted by molar-refractivity contribution is 7.99. The number of alkyl halides is 3. The molecule has 0 aliphatic rings. The molecule has 2 heterocycles. The maximum Gasteiger partial charge on any atom is 0.417 e. The van der Waals surface area contributed by atoms with E-state index in [2.05, 4.69) is 9.97 Å². The SMILES string of the molecule is O=C(O)CCCn1c(Sc2ncc(C(F)(F)F)cc2Cl)nc(-c2ccccc2)c1Cl. The van der Waals surface area contributed by atoms with Crippen LogP contribution in [-0.2, 0) is 17.5 Å². The lowest BCUT2D eigenvalue weighted by Gasteiger charge is -2.10. The molecule has 0 aliphatic heterocycles. The van der Waals surface area contributed by atoms with Crippen molar-refractivity contribution in [2.24, 2.45) is 0 Å². The van der Waals surface area contributed by atoms with Gasteiger partial charge in [-0.2, -0.15) is 13.2 Å². The summed E-state index contributed by atoms with van der Waals surface area (Å²) in [6.07, 6.45) is -3.63. The van der Waals surface area contributed by atoms with Crippen molar-refractivity contribution in [3.63, 3.8) is 0 Å². The lowest BCUT2D eigenvalue weighted by molar-refractivity contribution is -0.138. The van der Waals surface area contributed by atoms with Gasteiger partial charge in [-0.05, 0) is 24.2 Å². The van der Waals surface area contributed by atoms with Crippen LogP contribution in [0.5, 0.6) is 0 Å². The zero-order chi connectivity index (χ0) is 21.9. The monoisotopic (exact) mass is 475 g/mol. The van der Waals surface area contributed by atoms with E-state index in [1.54, 1.807) is 4.57 Å². The van der Waals surface area contributed by atoms with Crippen LogP contribution in [0.3, 0.4) is 0 Å². The molecule has 3 rings (SSSR count). The molecule has 0 saturated heterocycles.